The second-order valence-electron chi connectivity index (χ2n) is 7.48. The van der Waals surface area contributed by atoms with Gasteiger partial charge in [0.25, 0.3) is 5.91 Å². The highest BCUT2D eigenvalue weighted by Crippen LogP contribution is 2.44. The van der Waals surface area contributed by atoms with Crippen molar-refractivity contribution in [3.63, 3.8) is 0 Å². The highest BCUT2D eigenvalue weighted by Gasteiger charge is 2.67. The van der Waals surface area contributed by atoms with Crippen LogP contribution >= 0.6 is 11.6 Å². The van der Waals surface area contributed by atoms with Gasteiger partial charge in [-0.3, -0.25) is 19.3 Å². The summed E-state index contributed by atoms with van der Waals surface area (Å²) >= 11 is 5.85. The lowest BCUT2D eigenvalue weighted by atomic mass is 9.84. The van der Waals surface area contributed by atoms with Crippen LogP contribution in [0.3, 0.4) is 0 Å². The highest BCUT2D eigenvalue weighted by molar-refractivity contribution is 6.31. The number of fused-ring (bicyclic) bond motifs is 5. The van der Waals surface area contributed by atoms with E-state index in [2.05, 4.69) is 0 Å². The summed E-state index contributed by atoms with van der Waals surface area (Å²) in [5, 5.41) is -0.190. The SMILES string of the molecule is NC(=O)[C@@H]1[C@@H]2C(=O)N(c3ccc(F)c(Cl)c3)C(=O)[C@@H]2[C@@H]2c3ccccc3C=C[NH+]12. The Labute approximate surface area is 170 Å². The Morgan fingerprint density at radius 2 is 1.83 bits per heavy atom. The first kappa shape index (κ1) is 18.0. The Morgan fingerprint density at radius 1 is 1.10 bits per heavy atom. The molecule has 3 aliphatic heterocycles. The van der Waals surface area contributed by atoms with Crippen molar-refractivity contribution in [1.82, 2.24) is 0 Å². The molecule has 5 atom stereocenters. The molecule has 2 saturated heterocycles. The zero-order valence-corrected chi connectivity index (χ0v) is 15.8. The van der Waals surface area contributed by atoms with Gasteiger partial charge in [0.2, 0.25) is 11.8 Å². The second kappa shape index (κ2) is 6.23. The lowest BCUT2D eigenvalue weighted by Crippen LogP contribution is -3.12. The van der Waals surface area contributed by atoms with Gasteiger partial charge in [0.15, 0.2) is 6.04 Å². The molecule has 146 valence electrons. The number of benzene rings is 2. The number of carbonyl (C=O) groups excluding carboxylic acids is 3. The van der Waals surface area contributed by atoms with E-state index < -0.39 is 47.5 Å². The van der Waals surface area contributed by atoms with E-state index in [0.29, 0.717) is 4.90 Å². The van der Waals surface area contributed by atoms with Crippen LogP contribution in [0.25, 0.3) is 6.08 Å². The van der Waals surface area contributed by atoms with Gasteiger partial charge in [0.05, 0.1) is 16.9 Å². The lowest BCUT2D eigenvalue weighted by Gasteiger charge is -2.30. The van der Waals surface area contributed by atoms with Crippen LogP contribution in [-0.2, 0) is 14.4 Å². The van der Waals surface area contributed by atoms with E-state index in [0.717, 1.165) is 22.1 Å². The van der Waals surface area contributed by atoms with E-state index in [1.807, 2.05) is 30.3 Å². The second-order valence-corrected chi connectivity index (χ2v) is 7.89. The Hall–Kier alpha value is -3.03. The molecule has 3 aliphatic rings. The van der Waals surface area contributed by atoms with Gasteiger partial charge in [-0.2, -0.15) is 0 Å². The number of halogens is 2. The van der Waals surface area contributed by atoms with E-state index in [1.54, 1.807) is 6.20 Å². The Balaban J connectivity index is 1.65. The first-order chi connectivity index (χ1) is 13.9. The standard InChI is InChI=1S/C21H15ClFN3O3/c22-13-9-11(5-6-14(13)23)26-20(28)15-16(21(26)29)18(19(24)27)25-8-7-10-3-1-2-4-12(10)17(15)25/h1-9,15-18H,(H2,24,27)/p+1/t15-,16+,17-,18-/m0/s1. The predicted octanol–water partition coefficient (Wildman–Crippen LogP) is 1.06. The van der Waals surface area contributed by atoms with Crippen LogP contribution in [0.5, 0.6) is 0 Å². The van der Waals surface area contributed by atoms with Crippen molar-refractivity contribution in [1.29, 1.82) is 0 Å². The zero-order valence-electron chi connectivity index (χ0n) is 15.0. The summed E-state index contributed by atoms with van der Waals surface area (Å²) < 4.78 is 13.6. The molecule has 0 aliphatic carbocycles. The average molecular weight is 413 g/mol. The van der Waals surface area contributed by atoms with Crippen molar-refractivity contribution >= 4 is 41.1 Å². The molecule has 3 heterocycles. The van der Waals surface area contributed by atoms with Crippen molar-refractivity contribution in [2.75, 3.05) is 4.90 Å². The molecule has 0 radical (unpaired) electrons. The maximum Gasteiger partial charge on any atom is 0.277 e. The molecule has 6 nitrogen and oxygen atoms in total. The number of amides is 3. The fourth-order valence-electron chi connectivity index (χ4n) is 4.95. The lowest BCUT2D eigenvalue weighted by molar-refractivity contribution is -0.884. The number of hydrogen-bond donors (Lipinski definition) is 2. The molecule has 3 amide bonds. The van der Waals surface area contributed by atoms with Crippen LogP contribution < -0.4 is 15.5 Å². The molecule has 5 rings (SSSR count). The number of nitrogens with one attached hydrogen (secondary N) is 1. The molecule has 0 aromatic heterocycles. The average Bonchev–Trinajstić information content (AvgIpc) is 3.17. The molecular weight excluding hydrogens is 397 g/mol. The van der Waals surface area contributed by atoms with Crippen LogP contribution in [0.15, 0.2) is 48.7 Å². The maximum atomic E-state index is 13.6. The molecule has 0 bridgehead atoms. The molecule has 29 heavy (non-hydrogen) atoms. The molecule has 2 aromatic rings. The summed E-state index contributed by atoms with van der Waals surface area (Å²) in [4.78, 5) is 40.7. The molecule has 8 heteroatoms. The van der Waals surface area contributed by atoms with Gasteiger partial charge < -0.3 is 5.73 Å². The molecule has 1 unspecified atom stereocenters. The van der Waals surface area contributed by atoms with Crippen molar-refractivity contribution in [2.24, 2.45) is 17.6 Å². The third-order valence-corrected chi connectivity index (χ3v) is 6.38. The van der Waals surface area contributed by atoms with Gasteiger partial charge in [-0.25, -0.2) is 9.29 Å². The third-order valence-electron chi connectivity index (χ3n) is 6.09. The first-order valence-corrected chi connectivity index (χ1v) is 9.54. The third kappa shape index (κ3) is 2.41. The first-order valence-electron chi connectivity index (χ1n) is 9.16. The monoisotopic (exact) mass is 412 g/mol. The number of carbonyl (C=O) groups is 3. The smallest absolute Gasteiger partial charge is 0.277 e. The predicted molar refractivity (Wildman–Crippen MR) is 103 cm³/mol. The number of rotatable bonds is 2. The quantitative estimate of drug-likeness (QED) is 0.723. The van der Waals surface area contributed by atoms with E-state index in [1.165, 1.54) is 12.1 Å². The van der Waals surface area contributed by atoms with E-state index in [9.17, 15) is 18.8 Å². The number of hydrogen-bond acceptors (Lipinski definition) is 3. The molecule has 2 fully saturated rings. The summed E-state index contributed by atoms with van der Waals surface area (Å²) in [6.07, 6.45) is 3.69. The van der Waals surface area contributed by atoms with Gasteiger partial charge in [0, 0.05) is 5.56 Å². The minimum absolute atomic E-state index is 0.185. The van der Waals surface area contributed by atoms with Crippen molar-refractivity contribution in [3.8, 4) is 0 Å². The zero-order chi connectivity index (χ0) is 20.4. The summed E-state index contributed by atoms with van der Waals surface area (Å²) in [5.41, 5.74) is 7.69. The highest BCUT2D eigenvalue weighted by atomic mass is 35.5. The minimum Gasteiger partial charge on any atom is -0.364 e. The van der Waals surface area contributed by atoms with Crippen LogP contribution in [0.4, 0.5) is 10.1 Å². The number of nitrogens with two attached hydrogens (primary N) is 1. The summed E-state index contributed by atoms with van der Waals surface area (Å²) in [7, 11) is 0. The van der Waals surface area contributed by atoms with Gasteiger partial charge in [-0.15, -0.1) is 0 Å². The number of quaternary nitrogens is 1. The van der Waals surface area contributed by atoms with Crippen LogP contribution in [0, 0.1) is 17.7 Å². The van der Waals surface area contributed by atoms with Gasteiger partial charge in [-0.1, -0.05) is 35.9 Å². The van der Waals surface area contributed by atoms with E-state index in [4.69, 9.17) is 17.3 Å². The molecule has 0 saturated carbocycles. The summed E-state index contributed by atoms with van der Waals surface area (Å²) in [5.74, 6) is -3.86. The van der Waals surface area contributed by atoms with Crippen LogP contribution in [-0.4, -0.2) is 23.8 Å². The van der Waals surface area contributed by atoms with E-state index in [-0.39, 0.29) is 10.7 Å². The molecule has 3 N–H and O–H groups in total. The fraction of sp³-hybridized carbons (Fsp3) is 0.190. The number of primary amides is 1. The number of imide groups is 1. The largest absolute Gasteiger partial charge is 0.364 e. The normalized spacial score (nSPS) is 29.6. The summed E-state index contributed by atoms with van der Waals surface area (Å²) in [6.45, 7) is 0. The van der Waals surface area contributed by atoms with Crippen molar-refractivity contribution in [3.05, 3.63) is 70.6 Å². The Morgan fingerprint density at radius 3 is 2.55 bits per heavy atom. The Bertz CT molecular complexity index is 1120. The molecular formula is C21H16ClFN3O3+. The van der Waals surface area contributed by atoms with Crippen LogP contribution in [0.1, 0.15) is 17.2 Å². The maximum absolute atomic E-state index is 13.6. The minimum atomic E-state index is -0.889. The van der Waals surface area contributed by atoms with Crippen molar-refractivity contribution in [2.45, 2.75) is 12.1 Å². The molecule has 0 spiro atoms. The van der Waals surface area contributed by atoms with Gasteiger partial charge in [0.1, 0.15) is 23.7 Å². The number of nitrogens with zero attached hydrogens (tertiary/aromatic N) is 1. The van der Waals surface area contributed by atoms with Gasteiger partial charge in [-0.05, 0) is 29.8 Å². The topological polar surface area (TPSA) is 84.9 Å². The fourth-order valence-corrected chi connectivity index (χ4v) is 5.13. The number of anilines is 1. The Kier molecular flexibility index (Phi) is 3.88. The van der Waals surface area contributed by atoms with E-state index >= 15 is 0 Å². The molecule has 2 aromatic carbocycles. The van der Waals surface area contributed by atoms with Crippen LogP contribution in [0.2, 0.25) is 5.02 Å². The van der Waals surface area contributed by atoms with Gasteiger partial charge >= 0.3 is 0 Å². The summed E-state index contributed by atoms with van der Waals surface area (Å²) in [6, 6.07) is 9.98. The van der Waals surface area contributed by atoms with Crippen molar-refractivity contribution < 1.29 is 23.7 Å².